The van der Waals surface area contributed by atoms with E-state index in [1.165, 1.54) is 7.11 Å². The van der Waals surface area contributed by atoms with Gasteiger partial charge in [0.25, 0.3) is 0 Å². The van der Waals surface area contributed by atoms with E-state index in [-0.39, 0.29) is 18.1 Å². The summed E-state index contributed by atoms with van der Waals surface area (Å²) in [6.07, 6.45) is 0. The van der Waals surface area contributed by atoms with E-state index >= 15 is 0 Å². The van der Waals surface area contributed by atoms with Crippen LogP contribution < -0.4 is 5.32 Å². The van der Waals surface area contributed by atoms with E-state index in [0.29, 0.717) is 0 Å². The van der Waals surface area contributed by atoms with E-state index < -0.39 is 0 Å². The summed E-state index contributed by atoms with van der Waals surface area (Å²) in [4.78, 5) is 19.0. The minimum absolute atomic E-state index is 0.0495. The minimum Gasteiger partial charge on any atom is -0.468 e. The summed E-state index contributed by atoms with van der Waals surface area (Å²) in [6, 6.07) is 7.42. The standard InChI is InChI=1S/C13H17N3O2/c1-8(14-9(2)13(17)18-3)12-15-10-6-4-5-7-11(10)16-12/h4-9,14H,1-3H3,(H,15,16). The molecule has 0 fully saturated rings. The summed E-state index contributed by atoms with van der Waals surface area (Å²) in [5.74, 6) is 0.532. The fourth-order valence-electron chi connectivity index (χ4n) is 1.88. The predicted octanol–water partition coefficient (Wildman–Crippen LogP) is 1.77. The first kappa shape index (κ1) is 12.6. The number of aromatic nitrogens is 2. The Morgan fingerprint density at radius 1 is 1.39 bits per heavy atom. The van der Waals surface area contributed by atoms with Gasteiger partial charge >= 0.3 is 5.97 Å². The van der Waals surface area contributed by atoms with Crippen LogP contribution in [0, 0.1) is 0 Å². The van der Waals surface area contributed by atoms with Crippen molar-refractivity contribution in [2.75, 3.05) is 7.11 Å². The highest BCUT2D eigenvalue weighted by Gasteiger charge is 2.18. The first-order chi connectivity index (χ1) is 8.61. The van der Waals surface area contributed by atoms with E-state index in [9.17, 15) is 4.79 Å². The second-order valence-corrected chi connectivity index (χ2v) is 4.27. The molecule has 96 valence electrons. The number of benzene rings is 1. The summed E-state index contributed by atoms with van der Waals surface area (Å²) < 4.78 is 4.68. The van der Waals surface area contributed by atoms with Gasteiger partial charge in [0.15, 0.2) is 0 Å². The van der Waals surface area contributed by atoms with E-state index in [1.807, 2.05) is 31.2 Å². The molecular formula is C13H17N3O2. The van der Waals surface area contributed by atoms with Crippen molar-refractivity contribution in [2.45, 2.75) is 25.9 Å². The minimum atomic E-state index is -0.363. The van der Waals surface area contributed by atoms with Crippen LogP contribution in [0.25, 0.3) is 11.0 Å². The van der Waals surface area contributed by atoms with Crippen molar-refractivity contribution < 1.29 is 9.53 Å². The van der Waals surface area contributed by atoms with Crippen LogP contribution in [0.15, 0.2) is 24.3 Å². The zero-order chi connectivity index (χ0) is 13.1. The predicted molar refractivity (Wildman–Crippen MR) is 69.1 cm³/mol. The number of imidazole rings is 1. The van der Waals surface area contributed by atoms with Gasteiger partial charge in [-0.3, -0.25) is 10.1 Å². The molecule has 0 radical (unpaired) electrons. The second-order valence-electron chi connectivity index (χ2n) is 4.27. The molecule has 1 aromatic heterocycles. The third-order valence-electron chi connectivity index (χ3n) is 2.87. The third-order valence-corrected chi connectivity index (χ3v) is 2.87. The summed E-state index contributed by atoms with van der Waals surface area (Å²) >= 11 is 0. The third kappa shape index (κ3) is 2.51. The molecule has 18 heavy (non-hydrogen) atoms. The Labute approximate surface area is 106 Å². The van der Waals surface area contributed by atoms with Crippen LogP contribution in [0.5, 0.6) is 0 Å². The zero-order valence-electron chi connectivity index (χ0n) is 10.7. The van der Waals surface area contributed by atoms with E-state index in [1.54, 1.807) is 6.92 Å². The van der Waals surface area contributed by atoms with Gasteiger partial charge in [-0.25, -0.2) is 4.98 Å². The number of nitrogens with one attached hydrogen (secondary N) is 2. The molecule has 2 rings (SSSR count). The molecule has 0 amide bonds. The molecule has 0 aliphatic carbocycles. The number of para-hydroxylation sites is 2. The molecule has 2 N–H and O–H groups in total. The molecule has 2 unspecified atom stereocenters. The average Bonchev–Trinajstić information content (AvgIpc) is 2.81. The number of H-pyrrole nitrogens is 1. The van der Waals surface area contributed by atoms with Gasteiger partial charge in [0.2, 0.25) is 0 Å². The number of hydrogen-bond acceptors (Lipinski definition) is 4. The van der Waals surface area contributed by atoms with E-state index in [2.05, 4.69) is 20.0 Å². The van der Waals surface area contributed by atoms with Crippen molar-refractivity contribution in [2.24, 2.45) is 0 Å². The lowest BCUT2D eigenvalue weighted by Gasteiger charge is -2.16. The van der Waals surface area contributed by atoms with Crippen molar-refractivity contribution >= 4 is 17.0 Å². The smallest absolute Gasteiger partial charge is 0.322 e. The molecule has 0 spiro atoms. The molecule has 2 aromatic rings. The molecule has 5 heteroatoms. The van der Waals surface area contributed by atoms with Crippen molar-refractivity contribution in [3.8, 4) is 0 Å². The number of aromatic amines is 1. The number of carbonyl (C=O) groups is 1. The highest BCUT2D eigenvalue weighted by Crippen LogP contribution is 2.15. The normalized spacial score (nSPS) is 14.4. The lowest BCUT2D eigenvalue weighted by atomic mass is 10.2. The Morgan fingerprint density at radius 2 is 2.11 bits per heavy atom. The van der Waals surface area contributed by atoms with Crippen molar-refractivity contribution in [3.63, 3.8) is 0 Å². The zero-order valence-corrected chi connectivity index (χ0v) is 10.7. The van der Waals surface area contributed by atoms with E-state index in [4.69, 9.17) is 0 Å². The van der Waals surface area contributed by atoms with Gasteiger partial charge in [0, 0.05) is 0 Å². The van der Waals surface area contributed by atoms with Gasteiger partial charge in [0.1, 0.15) is 11.9 Å². The maximum Gasteiger partial charge on any atom is 0.322 e. The summed E-state index contributed by atoms with van der Waals surface area (Å²) in [7, 11) is 1.38. The van der Waals surface area contributed by atoms with Gasteiger partial charge in [-0.2, -0.15) is 0 Å². The molecule has 0 saturated carbocycles. The van der Waals surface area contributed by atoms with Gasteiger partial charge in [-0.05, 0) is 26.0 Å². The summed E-state index contributed by atoms with van der Waals surface area (Å²) in [5, 5.41) is 3.14. The molecule has 0 saturated heterocycles. The number of methoxy groups -OCH3 is 1. The molecule has 1 aromatic carbocycles. The first-order valence-electron chi connectivity index (χ1n) is 5.90. The van der Waals surface area contributed by atoms with Gasteiger partial charge in [0.05, 0.1) is 24.2 Å². The Kier molecular flexibility index (Phi) is 3.62. The molecule has 2 atom stereocenters. The Hall–Kier alpha value is -1.88. The fourth-order valence-corrected chi connectivity index (χ4v) is 1.88. The quantitative estimate of drug-likeness (QED) is 0.808. The Balaban J connectivity index is 2.13. The van der Waals surface area contributed by atoms with Crippen LogP contribution >= 0.6 is 0 Å². The molecule has 0 aliphatic rings. The number of carbonyl (C=O) groups excluding carboxylic acids is 1. The molecule has 5 nitrogen and oxygen atoms in total. The second kappa shape index (κ2) is 5.18. The largest absolute Gasteiger partial charge is 0.468 e. The maximum atomic E-state index is 11.3. The summed E-state index contributed by atoms with van der Waals surface area (Å²) in [5.41, 5.74) is 1.92. The number of fused-ring (bicyclic) bond motifs is 1. The van der Waals surface area contributed by atoms with Crippen LogP contribution in [-0.2, 0) is 9.53 Å². The Morgan fingerprint density at radius 3 is 2.78 bits per heavy atom. The number of ether oxygens (including phenoxy) is 1. The maximum absolute atomic E-state index is 11.3. The molecular weight excluding hydrogens is 230 g/mol. The number of hydrogen-bond donors (Lipinski definition) is 2. The number of esters is 1. The van der Waals surface area contributed by atoms with Crippen LogP contribution in [0.2, 0.25) is 0 Å². The average molecular weight is 247 g/mol. The fraction of sp³-hybridized carbons (Fsp3) is 0.385. The monoisotopic (exact) mass is 247 g/mol. The topological polar surface area (TPSA) is 67.0 Å². The van der Waals surface area contributed by atoms with Gasteiger partial charge < -0.3 is 9.72 Å². The van der Waals surface area contributed by atoms with Gasteiger partial charge in [-0.1, -0.05) is 12.1 Å². The first-order valence-corrected chi connectivity index (χ1v) is 5.90. The SMILES string of the molecule is COC(=O)C(C)NC(C)c1nc2ccccc2[nH]1. The van der Waals surface area contributed by atoms with Crippen molar-refractivity contribution in [1.29, 1.82) is 0 Å². The van der Waals surface area contributed by atoms with Gasteiger partial charge in [-0.15, -0.1) is 0 Å². The summed E-state index contributed by atoms with van der Waals surface area (Å²) in [6.45, 7) is 3.72. The molecule has 0 bridgehead atoms. The van der Waals surface area contributed by atoms with Crippen LogP contribution in [0.3, 0.4) is 0 Å². The number of nitrogens with zero attached hydrogens (tertiary/aromatic N) is 1. The van der Waals surface area contributed by atoms with Crippen molar-refractivity contribution in [1.82, 2.24) is 15.3 Å². The molecule has 0 aliphatic heterocycles. The van der Waals surface area contributed by atoms with Crippen LogP contribution in [-0.4, -0.2) is 29.1 Å². The van der Waals surface area contributed by atoms with Crippen LogP contribution in [0.4, 0.5) is 0 Å². The Bertz CT molecular complexity index is 517. The highest BCUT2D eigenvalue weighted by molar-refractivity contribution is 5.76. The number of rotatable bonds is 4. The van der Waals surface area contributed by atoms with Crippen LogP contribution in [0.1, 0.15) is 25.7 Å². The lowest BCUT2D eigenvalue weighted by Crippen LogP contribution is -2.36. The lowest BCUT2D eigenvalue weighted by molar-refractivity contribution is -0.142. The molecule has 1 heterocycles. The van der Waals surface area contributed by atoms with Crippen molar-refractivity contribution in [3.05, 3.63) is 30.1 Å². The van der Waals surface area contributed by atoms with E-state index in [0.717, 1.165) is 16.9 Å². The highest BCUT2D eigenvalue weighted by atomic mass is 16.5.